The van der Waals surface area contributed by atoms with E-state index in [2.05, 4.69) is 9.55 Å². The molecule has 1 aromatic heterocycles. The highest BCUT2D eigenvalue weighted by molar-refractivity contribution is 6.32. The molecular weight excluding hydrogens is 276 g/mol. The number of rotatable bonds is 5. The van der Waals surface area contributed by atoms with Gasteiger partial charge >= 0.3 is 0 Å². The van der Waals surface area contributed by atoms with Crippen LogP contribution in [0.5, 0.6) is 5.75 Å². The molecule has 1 aromatic carbocycles. The molecule has 1 heterocycles. The number of imidazole rings is 1. The first-order chi connectivity index (χ1) is 9.65. The van der Waals surface area contributed by atoms with E-state index in [0.29, 0.717) is 23.4 Å². The third kappa shape index (κ3) is 2.81. The molecule has 0 radical (unpaired) electrons. The first kappa shape index (κ1) is 13.5. The van der Waals surface area contributed by atoms with Gasteiger partial charge in [-0.25, -0.2) is 4.98 Å². The van der Waals surface area contributed by atoms with Crippen LogP contribution in [0.1, 0.15) is 43.2 Å². The maximum Gasteiger partial charge on any atom is 0.138 e. The van der Waals surface area contributed by atoms with Crippen LogP contribution in [-0.2, 0) is 6.61 Å². The molecule has 4 nitrogen and oxygen atoms in total. The molecule has 1 atom stereocenters. The highest BCUT2D eigenvalue weighted by Gasteiger charge is 2.25. The van der Waals surface area contributed by atoms with Crippen molar-refractivity contribution in [3.05, 3.63) is 47.0 Å². The van der Waals surface area contributed by atoms with Gasteiger partial charge in [0.2, 0.25) is 0 Å². The maximum atomic E-state index is 9.51. The summed E-state index contributed by atoms with van der Waals surface area (Å²) in [6.07, 6.45) is 5.59. The number of hydrogen-bond acceptors (Lipinski definition) is 3. The van der Waals surface area contributed by atoms with E-state index in [1.54, 1.807) is 19.1 Å². The molecule has 1 N–H and O–H groups in total. The number of aliphatic hydroxyl groups is 1. The quantitative estimate of drug-likeness (QED) is 0.917. The summed E-state index contributed by atoms with van der Waals surface area (Å²) in [6, 6.07) is 5.94. The largest absolute Gasteiger partial charge is 0.486 e. The number of ether oxygens (including phenoxy) is 1. The summed E-state index contributed by atoms with van der Waals surface area (Å²) in [4.78, 5) is 4.17. The molecule has 1 aliphatic rings. The van der Waals surface area contributed by atoms with E-state index in [1.807, 2.05) is 18.6 Å². The van der Waals surface area contributed by atoms with Gasteiger partial charge in [0.1, 0.15) is 12.4 Å². The van der Waals surface area contributed by atoms with Crippen molar-refractivity contribution in [3.8, 4) is 5.75 Å². The lowest BCUT2D eigenvalue weighted by Crippen LogP contribution is -2.04. The van der Waals surface area contributed by atoms with Gasteiger partial charge in [-0.2, -0.15) is 0 Å². The van der Waals surface area contributed by atoms with Crippen LogP contribution >= 0.6 is 11.6 Å². The zero-order valence-electron chi connectivity index (χ0n) is 11.3. The molecule has 3 rings (SSSR count). The van der Waals surface area contributed by atoms with Crippen LogP contribution in [0.4, 0.5) is 0 Å². The van der Waals surface area contributed by atoms with Crippen molar-refractivity contribution in [2.75, 3.05) is 0 Å². The van der Waals surface area contributed by atoms with Crippen molar-refractivity contribution in [2.24, 2.45) is 0 Å². The molecule has 106 valence electrons. The molecule has 0 aliphatic heterocycles. The van der Waals surface area contributed by atoms with Gasteiger partial charge in [0.15, 0.2) is 0 Å². The summed E-state index contributed by atoms with van der Waals surface area (Å²) >= 11 is 6.17. The molecule has 1 fully saturated rings. The Balaban J connectivity index is 1.70. The third-order valence-corrected chi connectivity index (χ3v) is 3.80. The first-order valence-corrected chi connectivity index (χ1v) is 7.14. The Morgan fingerprint density at radius 2 is 2.30 bits per heavy atom. The molecule has 20 heavy (non-hydrogen) atoms. The lowest BCUT2D eigenvalue weighted by atomic mass is 10.1. The average Bonchev–Trinajstić information content (AvgIpc) is 3.16. The third-order valence-electron chi connectivity index (χ3n) is 3.50. The van der Waals surface area contributed by atoms with Crippen molar-refractivity contribution in [1.82, 2.24) is 9.55 Å². The van der Waals surface area contributed by atoms with E-state index < -0.39 is 6.10 Å². The minimum absolute atomic E-state index is 0.449. The van der Waals surface area contributed by atoms with E-state index in [4.69, 9.17) is 16.3 Å². The topological polar surface area (TPSA) is 47.3 Å². The van der Waals surface area contributed by atoms with Gasteiger partial charge < -0.3 is 14.4 Å². The van der Waals surface area contributed by atoms with E-state index in [0.717, 1.165) is 11.3 Å². The second-order valence-electron chi connectivity index (χ2n) is 5.18. The van der Waals surface area contributed by atoms with Gasteiger partial charge in [-0.15, -0.1) is 0 Å². The van der Waals surface area contributed by atoms with Crippen LogP contribution in [0.2, 0.25) is 5.02 Å². The van der Waals surface area contributed by atoms with Gasteiger partial charge in [0.25, 0.3) is 0 Å². The Kier molecular flexibility index (Phi) is 3.68. The molecule has 1 saturated carbocycles. The number of hydrogen-bond donors (Lipinski definition) is 1. The van der Waals surface area contributed by atoms with Crippen molar-refractivity contribution < 1.29 is 9.84 Å². The fourth-order valence-corrected chi connectivity index (χ4v) is 2.41. The lowest BCUT2D eigenvalue weighted by Gasteiger charge is -2.12. The highest BCUT2D eigenvalue weighted by atomic mass is 35.5. The van der Waals surface area contributed by atoms with Gasteiger partial charge in [-0.3, -0.25) is 0 Å². The molecule has 0 saturated heterocycles. The van der Waals surface area contributed by atoms with Crippen LogP contribution in [0.3, 0.4) is 0 Å². The lowest BCUT2D eigenvalue weighted by molar-refractivity contribution is 0.199. The summed E-state index contributed by atoms with van der Waals surface area (Å²) in [5.74, 6) is 0.625. The van der Waals surface area contributed by atoms with Crippen molar-refractivity contribution in [2.45, 2.75) is 38.5 Å². The Morgan fingerprint density at radius 3 is 2.95 bits per heavy atom. The smallest absolute Gasteiger partial charge is 0.138 e. The fourth-order valence-electron chi connectivity index (χ4n) is 2.17. The summed E-state index contributed by atoms with van der Waals surface area (Å²) in [7, 11) is 0. The van der Waals surface area contributed by atoms with Gasteiger partial charge in [-0.05, 0) is 37.5 Å². The summed E-state index contributed by atoms with van der Waals surface area (Å²) < 4.78 is 7.92. The van der Waals surface area contributed by atoms with Crippen LogP contribution in [0.25, 0.3) is 0 Å². The molecule has 0 bridgehead atoms. The molecular formula is C15H17ClN2O2. The number of halogens is 1. The zero-order chi connectivity index (χ0) is 14.1. The summed E-state index contributed by atoms with van der Waals surface area (Å²) in [5, 5.41) is 10.0. The van der Waals surface area contributed by atoms with Gasteiger partial charge in [0.05, 0.1) is 29.3 Å². The Morgan fingerprint density at radius 1 is 1.50 bits per heavy atom. The van der Waals surface area contributed by atoms with Crippen molar-refractivity contribution >= 4 is 11.6 Å². The second-order valence-corrected chi connectivity index (χ2v) is 5.59. The standard InChI is InChI=1S/C15H17ClN2O2/c1-10(19)11-2-5-15(14(16)6-11)20-8-13-7-17-9-18(13)12-3-4-12/h2,5-7,9-10,12,19H,3-4,8H2,1H3. The van der Waals surface area contributed by atoms with Gasteiger partial charge in [-0.1, -0.05) is 17.7 Å². The monoisotopic (exact) mass is 292 g/mol. The molecule has 5 heteroatoms. The minimum Gasteiger partial charge on any atom is -0.486 e. The summed E-state index contributed by atoms with van der Waals surface area (Å²) in [6.45, 7) is 2.16. The van der Waals surface area contributed by atoms with Crippen molar-refractivity contribution in [1.29, 1.82) is 0 Å². The second kappa shape index (κ2) is 5.46. The molecule has 1 aliphatic carbocycles. The Bertz CT molecular complexity index is 606. The number of benzene rings is 1. The minimum atomic E-state index is -0.530. The summed E-state index contributed by atoms with van der Waals surface area (Å²) in [5.41, 5.74) is 1.84. The first-order valence-electron chi connectivity index (χ1n) is 6.76. The van der Waals surface area contributed by atoms with Crippen LogP contribution in [-0.4, -0.2) is 14.7 Å². The SMILES string of the molecule is CC(O)c1ccc(OCc2cncn2C2CC2)c(Cl)c1. The van der Waals surface area contributed by atoms with Crippen LogP contribution < -0.4 is 4.74 Å². The number of nitrogens with zero attached hydrogens (tertiary/aromatic N) is 2. The maximum absolute atomic E-state index is 9.51. The van der Waals surface area contributed by atoms with Gasteiger partial charge in [0, 0.05) is 6.04 Å². The van der Waals surface area contributed by atoms with E-state index in [9.17, 15) is 5.11 Å². The normalized spacial score (nSPS) is 16.1. The Hall–Kier alpha value is -1.52. The molecule has 1 unspecified atom stereocenters. The highest BCUT2D eigenvalue weighted by Crippen LogP contribution is 2.36. The predicted octanol–water partition coefficient (Wildman–Crippen LogP) is 3.50. The van der Waals surface area contributed by atoms with Crippen LogP contribution in [0.15, 0.2) is 30.7 Å². The van der Waals surface area contributed by atoms with Crippen molar-refractivity contribution in [3.63, 3.8) is 0 Å². The molecule has 0 amide bonds. The predicted molar refractivity (Wildman–Crippen MR) is 76.9 cm³/mol. The number of aliphatic hydroxyl groups excluding tert-OH is 1. The Labute approximate surface area is 123 Å². The fraction of sp³-hybridized carbons (Fsp3) is 0.400. The van der Waals surface area contributed by atoms with E-state index >= 15 is 0 Å². The zero-order valence-corrected chi connectivity index (χ0v) is 12.0. The van der Waals surface area contributed by atoms with Crippen LogP contribution in [0, 0.1) is 0 Å². The molecule has 2 aromatic rings. The number of aromatic nitrogens is 2. The average molecular weight is 293 g/mol. The van der Waals surface area contributed by atoms with E-state index in [1.165, 1.54) is 12.8 Å². The molecule has 0 spiro atoms. The van der Waals surface area contributed by atoms with E-state index in [-0.39, 0.29) is 0 Å².